The van der Waals surface area contributed by atoms with Crippen LogP contribution in [-0.2, 0) is 4.79 Å². The van der Waals surface area contributed by atoms with Gasteiger partial charge in [-0.2, -0.15) is 0 Å². The van der Waals surface area contributed by atoms with E-state index in [1.54, 1.807) is 0 Å². The number of rotatable bonds is 9. The van der Waals surface area contributed by atoms with Crippen molar-refractivity contribution in [2.45, 2.75) is 6.42 Å². The van der Waals surface area contributed by atoms with Crippen molar-refractivity contribution >= 4 is 24.0 Å². The lowest BCUT2D eigenvalue weighted by atomic mass is 10.0. The molecular formula is C22H20F3N3O3. The average molecular weight is 431 g/mol. The van der Waals surface area contributed by atoms with Gasteiger partial charge in [-0.15, -0.1) is 0 Å². The molecule has 3 N–H and O–H groups in total. The summed E-state index contributed by atoms with van der Waals surface area (Å²) in [5.74, 6) is -3.13. The number of anilines is 1. The van der Waals surface area contributed by atoms with Gasteiger partial charge in [0.1, 0.15) is 29.0 Å². The lowest BCUT2D eigenvalue weighted by molar-refractivity contribution is -0.108. The molecule has 0 bridgehead atoms. The molecular weight excluding hydrogens is 411 g/mol. The van der Waals surface area contributed by atoms with E-state index in [2.05, 4.69) is 16.0 Å². The number of Topliss-reactive ketones (excluding diaryl/α,β-unsaturated/α-hetero) is 1. The Morgan fingerprint density at radius 3 is 2.65 bits per heavy atom. The standard InChI is InChI=1S/C22H20F3N3O3/c1-26-7-2-8-31-14-10-19(25)15-5-6-17(22(27-12-29)28-20(15)11-14)21(30)16-4-3-13(23)9-18(16)24/h3-6,9-12,26,28H,2,7-8H2,1H3,(H,27,29). The van der Waals surface area contributed by atoms with Crippen LogP contribution in [-0.4, -0.2) is 32.4 Å². The van der Waals surface area contributed by atoms with E-state index in [0.29, 0.717) is 25.5 Å². The van der Waals surface area contributed by atoms with Crippen molar-refractivity contribution in [3.05, 3.63) is 76.4 Å². The van der Waals surface area contributed by atoms with E-state index in [0.717, 1.165) is 18.7 Å². The minimum atomic E-state index is -1.05. The fourth-order valence-electron chi connectivity index (χ4n) is 3.02. The highest BCUT2D eigenvalue weighted by Crippen LogP contribution is 2.32. The molecule has 3 rings (SSSR count). The molecule has 1 aliphatic rings. The third-order valence-corrected chi connectivity index (χ3v) is 4.51. The molecule has 2 aromatic rings. The molecule has 2 aromatic carbocycles. The number of ether oxygens (including phenoxy) is 1. The van der Waals surface area contributed by atoms with Crippen LogP contribution >= 0.6 is 0 Å². The SMILES string of the molecule is CNCCCOc1cc(F)c2c(c1)NC(NC=O)=C(C(=O)c1ccc(F)cc1F)C=C2. The molecule has 31 heavy (non-hydrogen) atoms. The molecule has 1 amide bonds. The number of benzene rings is 2. The summed E-state index contributed by atoms with van der Waals surface area (Å²) < 4.78 is 47.6. The van der Waals surface area contributed by atoms with Crippen molar-refractivity contribution in [1.29, 1.82) is 0 Å². The summed E-state index contributed by atoms with van der Waals surface area (Å²) in [5.41, 5.74) is -0.167. The Kier molecular flexibility index (Phi) is 7.09. The third kappa shape index (κ3) is 5.13. The Balaban J connectivity index is 1.96. The number of hydrogen-bond acceptors (Lipinski definition) is 5. The van der Waals surface area contributed by atoms with Crippen molar-refractivity contribution < 1.29 is 27.5 Å². The molecule has 0 aliphatic carbocycles. The van der Waals surface area contributed by atoms with Gasteiger partial charge < -0.3 is 20.7 Å². The molecule has 9 heteroatoms. The molecule has 0 fully saturated rings. The number of halogens is 3. The van der Waals surface area contributed by atoms with Crippen molar-refractivity contribution in [3.63, 3.8) is 0 Å². The van der Waals surface area contributed by atoms with Gasteiger partial charge in [0.15, 0.2) is 5.78 Å². The molecule has 1 aliphatic heterocycles. The number of carbonyl (C=O) groups is 2. The molecule has 0 spiro atoms. The predicted octanol–water partition coefficient (Wildman–Crippen LogP) is 3.37. The van der Waals surface area contributed by atoms with Crippen LogP contribution in [0, 0.1) is 17.5 Å². The topological polar surface area (TPSA) is 79.5 Å². The van der Waals surface area contributed by atoms with Crippen LogP contribution in [0.1, 0.15) is 22.3 Å². The predicted molar refractivity (Wildman–Crippen MR) is 110 cm³/mol. The first-order chi connectivity index (χ1) is 14.9. The van der Waals surface area contributed by atoms with Crippen molar-refractivity contribution in [2.75, 3.05) is 25.5 Å². The first-order valence-corrected chi connectivity index (χ1v) is 9.45. The zero-order chi connectivity index (χ0) is 22.4. The van der Waals surface area contributed by atoms with Crippen LogP contribution in [0.5, 0.6) is 5.75 Å². The summed E-state index contributed by atoms with van der Waals surface area (Å²) in [5, 5.41) is 8.12. The number of allylic oxidation sites excluding steroid dienone is 2. The van der Waals surface area contributed by atoms with E-state index in [-0.39, 0.29) is 28.4 Å². The second-order valence-electron chi connectivity index (χ2n) is 6.63. The van der Waals surface area contributed by atoms with Crippen molar-refractivity contribution in [3.8, 4) is 5.75 Å². The Morgan fingerprint density at radius 2 is 1.94 bits per heavy atom. The molecule has 1 heterocycles. The first kappa shape index (κ1) is 22.1. The van der Waals surface area contributed by atoms with E-state index in [4.69, 9.17) is 4.74 Å². The summed E-state index contributed by atoms with van der Waals surface area (Å²) >= 11 is 0. The maximum absolute atomic E-state index is 14.7. The average Bonchev–Trinajstić information content (AvgIpc) is 2.91. The summed E-state index contributed by atoms with van der Waals surface area (Å²) in [6.45, 7) is 1.09. The van der Waals surface area contributed by atoms with Crippen LogP contribution in [0.25, 0.3) is 6.08 Å². The normalized spacial score (nSPS) is 12.6. The van der Waals surface area contributed by atoms with Gasteiger partial charge in [0, 0.05) is 23.8 Å². The van der Waals surface area contributed by atoms with Crippen LogP contribution in [0.3, 0.4) is 0 Å². The second kappa shape index (κ2) is 9.94. The number of amides is 1. The molecule has 0 unspecified atom stereocenters. The Hall–Kier alpha value is -3.59. The lowest BCUT2D eigenvalue weighted by Crippen LogP contribution is -2.23. The summed E-state index contributed by atoms with van der Waals surface area (Å²) in [7, 11) is 1.81. The van der Waals surface area contributed by atoms with Crippen LogP contribution in [0.4, 0.5) is 18.9 Å². The number of nitrogens with one attached hydrogen (secondary N) is 3. The molecule has 0 saturated carbocycles. The van der Waals surface area contributed by atoms with Gasteiger partial charge in [-0.05, 0) is 44.3 Å². The fourth-order valence-corrected chi connectivity index (χ4v) is 3.02. The van der Waals surface area contributed by atoms with Gasteiger partial charge in [-0.1, -0.05) is 0 Å². The number of carbonyl (C=O) groups excluding carboxylic acids is 2. The third-order valence-electron chi connectivity index (χ3n) is 4.51. The van der Waals surface area contributed by atoms with Crippen LogP contribution in [0.2, 0.25) is 0 Å². The quantitative estimate of drug-likeness (QED) is 0.322. The highest BCUT2D eigenvalue weighted by molar-refractivity contribution is 6.12. The number of fused-ring (bicyclic) bond motifs is 1. The van der Waals surface area contributed by atoms with Gasteiger partial charge in [-0.3, -0.25) is 9.59 Å². The smallest absolute Gasteiger partial charge is 0.212 e. The molecule has 0 atom stereocenters. The minimum Gasteiger partial charge on any atom is -0.493 e. The Bertz CT molecular complexity index is 1070. The van der Waals surface area contributed by atoms with E-state index in [1.165, 1.54) is 24.3 Å². The van der Waals surface area contributed by atoms with Crippen molar-refractivity contribution in [2.24, 2.45) is 0 Å². The molecule has 162 valence electrons. The van der Waals surface area contributed by atoms with Crippen molar-refractivity contribution in [1.82, 2.24) is 10.6 Å². The highest BCUT2D eigenvalue weighted by atomic mass is 19.1. The van der Waals surface area contributed by atoms with Gasteiger partial charge in [0.05, 0.1) is 23.4 Å². The van der Waals surface area contributed by atoms with E-state index >= 15 is 0 Å². The zero-order valence-corrected chi connectivity index (χ0v) is 16.6. The molecule has 0 saturated heterocycles. The van der Waals surface area contributed by atoms with Gasteiger partial charge in [-0.25, -0.2) is 13.2 Å². The largest absolute Gasteiger partial charge is 0.493 e. The highest BCUT2D eigenvalue weighted by Gasteiger charge is 2.23. The zero-order valence-electron chi connectivity index (χ0n) is 16.6. The van der Waals surface area contributed by atoms with E-state index in [1.807, 2.05) is 7.05 Å². The summed E-state index contributed by atoms with van der Waals surface area (Å²) in [4.78, 5) is 24.0. The Labute approximate surface area is 176 Å². The van der Waals surface area contributed by atoms with Gasteiger partial charge in [0.25, 0.3) is 0 Å². The summed E-state index contributed by atoms with van der Waals surface area (Å²) in [6.07, 6.45) is 3.62. The maximum atomic E-state index is 14.7. The molecule has 0 aromatic heterocycles. The molecule has 0 radical (unpaired) electrons. The van der Waals surface area contributed by atoms with E-state index in [9.17, 15) is 22.8 Å². The lowest BCUT2D eigenvalue weighted by Gasteiger charge is -2.15. The first-order valence-electron chi connectivity index (χ1n) is 9.45. The maximum Gasteiger partial charge on any atom is 0.212 e. The fraction of sp³-hybridized carbons (Fsp3) is 0.182. The summed E-state index contributed by atoms with van der Waals surface area (Å²) in [6, 6.07) is 5.27. The molecule has 6 nitrogen and oxygen atoms in total. The Morgan fingerprint density at radius 1 is 1.13 bits per heavy atom. The number of ketones is 1. The van der Waals surface area contributed by atoms with E-state index < -0.39 is 28.8 Å². The number of hydrogen-bond donors (Lipinski definition) is 3. The minimum absolute atomic E-state index is 0.0783. The van der Waals surface area contributed by atoms with Crippen LogP contribution in [0.15, 0.2) is 47.8 Å². The second-order valence-corrected chi connectivity index (χ2v) is 6.63. The monoisotopic (exact) mass is 431 g/mol. The van der Waals surface area contributed by atoms with Gasteiger partial charge in [0.2, 0.25) is 6.41 Å². The van der Waals surface area contributed by atoms with Gasteiger partial charge >= 0.3 is 0 Å². The van der Waals surface area contributed by atoms with Crippen LogP contribution < -0.4 is 20.7 Å².